The number of carbonyl (C=O) groups is 1. The summed E-state index contributed by atoms with van der Waals surface area (Å²) in [5.41, 5.74) is -0.300. The lowest BCUT2D eigenvalue weighted by molar-refractivity contribution is -0.132. The van der Waals surface area contributed by atoms with Crippen molar-refractivity contribution in [2.75, 3.05) is 31.1 Å². The quantitative estimate of drug-likeness (QED) is 0.738. The van der Waals surface area contributed by atoms with Crippen LogP contribution in [0.3, 0.4) is 0 Å². The first-order valence-corrected chi connectivity index (χ1v) is 9.04. The second-order valence-electron chi connectivity index (χ2n) is 6.70. The number of hydrogen-bond acceptors (Lipinski definition) is 4. The Kier molecular flexibility index (Phi) is 4.68. The minimum Gasteiger partial charge on any atom is -0.366 e. The van der Waals surface area contributed by atoms with Crippen molar-refractivity contribution in [3.8, 4) is 0 Å². The van der Waals surface area contributed by atoms with Crippen LogP contribution in [0, 0.1) is 5.82 Å². The van der Waals surface area contributed by atoms with Crippen LogP contribution < -0.4 is 16.0 Å². The Hall–Kier alpha value is -3.42. The van der Waals surface area contributed by atoms with Crippen LogP contribution in [-0.2, 0) is 11.3 Å². The number of H-pyrrole nitrogens is 1. The van der Waals surface area contributed by atoms with Crippen LogP contribution in [0.25, 0.3) is 10.8 Å². The van der Waals surface area contributed by atoms with E-state index in [0.29, 0.717) is 37.3 Å². The molecule has 4 rings (SSSR count). The van der Waals surface area contributed by atoms with E-state index in [4.69, 9.17) is 0 Å². The lowest BCUT2D eigenvalue weighted by Gasteiger charge is -2.36. The number of nitrogens with zero attached hydrogens (tertiary/aromatic N) is 3. The molecule has 0 aliphatic carbocycles. The first-order valence-electron chi connectivity index (χ1n) is 9.04. The third-order valence-corrected chi connectivity index (χ3v) is 5.00. The lowest BCUT2D eigenvalue weighted by Crippen LogP contribution is -2.50. The van der Waals surface area contributed by atoms with Gasteiger partial charge in [0.1, 0.15) is 12.4 Å². The highest BCUT2D eigenvalue weighted by Crippen LogP contribution is 2.20. The molecule has 1 N–H and O–H groups in total. The van der Waals surface area contributed by atoms with Crippen LogP contribution in [0.1, 0.15) is 0 Å². The fourth-order valence-electron chi connectivity index (χ4n) is 3.50. The van der Waals surface area contributed by atoms with E-state index in [-0.39, 0.29) is 23.7 Å². The van der Waals surface area contributed by atoms with Crippen molar-refractivity contribution in [1.82, 2.24) is 14.7 Å². The van der Waals surface area contributed by atoms with Gasteiger partial charge in [0.2, 0.25) is 5.91 Å². The third kappa shape index (κ3) is 3.28. The van der Waals surface area contributed by atoms with Gasteiger partial charge in [-0.2, -0.15) is 0 Å². The van der Waals surface area contributed by atoms with E-state index in [0.717, 1.165) is 4.68 Å². The standard InChI is InChI=1S/C20H19FN4O3/c21-16-7-3-4-8-17(16)23-9-11-24(12-10-23)18(26)13-25-20(28)15-6-2-1-5-14(15)19(27)22-25/h1-8H,9-13H2,(H,22,27). The van der Waals surface area contributed by atoms with Crippen molar-refractivity contribution in [1.29, 1.82) is 0 Å². The summed E-state index contributed by atoms with van der Waals surface area (Å²) in [5, 5.41) is 3.05. The van der Waals surface area contributed by atoms with Crippen molar-refractivity contribution in [3.63, 3.8) is 0 Å². The maximum atomic E-state index is 13.9. The molecule has 0 unspecified atom stereocenters. The second kappa shape index (κ2) is 7.30. The van der Waals surface area contributed by atoms with Gasteiger partial charge in [0, 0.05) is 26.2 Å². The molecule has 1 amide bonds. The van der Waals surface area contributed by atoms with Crippen LogP contribution in [0.4, 0.5) is 10.1 Å². The molecule has 1 aliphatic rings. The monoisotopic (exact) mass is 382 g/mol. The number of fused-ring (bicyclic) bond motifs is 1. The maximum Gasteiger partial charge on any atom is 0.273 e. The van der Waals surface area contributed by atoms with Crippen LogP contribution in [-0.4, -0.2) is 46.8 Å². The van der Waals surface area contributed by atoms with Crippen molar-refractivity contribution < 1.29 is 9.18 Å². The molecule has 0 radical (unpaired) electrons. The maximum absolute atomic E-state index is 13.9. The fourth-order valence-corrected chi connectivity index (χ4v) is 3.50. The van der Waals surface area contributed by atoms with Gasteiger partial charge in [0.25, 0.3) is 11.1 Å². The molecule has 1 aliphatic heterocycles. The van der Waals surface area contributed by atoms with Gasteiger partial charge in [-0.1, -0.05) is 24.3 Å². The predicted molar refractivity (Wildman–Crippen MR) is 104 cm³/mol. The van der Waals surface area contributed by atoms with Crippen LogP contribution in [0.2, 0.25) is 0 Å². The normalized spacial score (nSPS) is 14.5. The van der Waals surface area contributed by atoms with Crippen LogP contribution in [0.15, 0.2) is 58.1 Å². The highest BCUT2D eigenvalue weighted by molar-refractivity contribution is 5.81. The third-order valence-electron chi connectivity index (χ3n) is 5.00. The summed E-state index contributed by atoms with van der Waals surface area (Å²) >= 11 is 0. The zero-order chi connectivity index (χ0) is 19.7. The molecule has 3 aromatic rings. The summed E-state index contributed by atoms with van der Waals surface area (Å²) in [6.07, 6.45) is 0. The number of piperazine rings is 1. The molecule has 1 aromatic heterocycles. The molecule has 28 heavy (non-hydrogen) atoms. The molecule has 1 saturated heterocycles. The Morgan fingerprint density at radius 3 is 2.29 bits per heavy atom. The van der Waals surface area contributed by atoms with Crippen molar-refractivity contribution >= 4 is 22.4 Å². The smallest absolute Gasteiger partial charge is 0.273 e. The molecular formula is C20H19FN4O3. The number of aromatic nitrogens is 2. The number of anilines is 1. The number of amides is 1. The number of para-hydroxylation sites is 1. The van der Waals surface area contributed by atoms with Gasteiger partial charge in [-0.15, -0.1) is 0 Å². The molecule has 8 heteroatoms. The van der Waals surface area contributed by atoms with E-state index >= 15 is 0 Å². The number of rotatable bonds is 3. The van der Waals surface area contributed by atoms with Gasteiger partial charge in [-0.25, -0.2) is 9.07 Å². The minimum absolute atomic E-state index is 0.237. The summed E-state index contributed by atoms with van der Waals surface area (Å²) in [6, 6.07) is 13.0. The molecular weight excluding hydrogens is 363 g/mol. The van der Waals surface area contributed by atoms with E-state index in [1.54, 1.807) is 47.4 Å². The number of hydrogen-bond donors (Lipinski definition) is 1. The van der Waals surface area contributed by atoms with Crippen LogP contribution in [0.5, 0.6) is 0 Å². The Morgan fingerprint density at radius 2 is 1.57 bits per heavy atom. The summed E-state index contributed by atoms with van der Waals surface area (Å²) in [5.74, 6) is -0.552. The molecule has 0 bridgehead atoms. The van der Waals surface area contributed by atoms with E-state index in [1.807, 2.05) is 4.90 Å². The highest BCUT2D eigenvalue weighted by atomic mass is 19.1. The van der Waals surface area contributed by atoms with Gasteiger partial charge in [0.15, 0.2) is 0 Å². The Morgan fingerprint density at radius 1 is 0.929 bits per heavy atom. The Labute approximate surface area is 159 Å². The highest BCUT2D eigenvalue weighted by Gasteiger charge is 2.23. The molecule has 7 nitrogen and oxygen atoms in total. The Balaban J connectivity index is 1.48. The van der Waals surface area contributed by atoms with Gasteiger partial charge in [0.05, 0.1) is 16.5 Å². The number of nitrogens with one attached hydrogen (secondary N) is 1. The number of aromatic amines is 1. The predicted octanol–water partition coefficient (Wildman–Crippen LogP) is 1.18. The van der Waals surface area contributed by atoms with Gasteiger partial charge in [-0.3, -0.25) is 19.5 Å². The number of carbonyl (C=O) groups excluding carboxylic acids is 1. The van der Waals surface area contributed by atoms with Gasteiger partial charge in [-0.05, 0) is 24.3 Å². The average Bonchev–Trinajstić information content (AvgIpc) is 2.72. The largest absolute Gasteiger partial charge is 0.366 e. The summed E-state index contributed by atoms with van der Waals surface area (Å²) in [6.45, 7) is 1.59. The van der Waals surface area contributed by atoms with Crippen molar-refractivity contribution in [2.45, 2.75) is 6.54 Å². The Bertz CT molecular complexity index is 1150. The second-order valence-corrected chi connectivity index (χ2v) is 6.70. The van der Waals surface area contributed by atoms with Gasteiger partial charge >= 0.3 is 0 Å². The summed E-state index contributed by atoms with van der Waals surface area (Å²) < 4.78 is 15.0. The number of benzene rings is 2. The topological polar surface area (TPSA) is 78.4 Å². The van der Waals surface area contributed by atoms with Crippen LogP contribution >= 0.6 is 0 Å². The molecule has 2 heterocycles. The molecule has 144 valence electrons. The van der Waals surface area contributed by atoms with E-state index < -0.39 is 11.1 Å². The van der Waals surface area contributed by atoms with E-state index in [2.05, 4.69) is 5.10 Å². The first-order chi connectivity index (χ1) is 13.5. The van der Waals surface area contributed by atoms with Gasteiger partial charge < -0.3 is 9.80 Å². The first kappa shape index (κ1) is 18.0. The van der Waals surface area contributed by atoms with Crippen molar-refractivity contribution in [2.24, 2.45) is 0 Å². The molecule has 0 spiro atoms. The summed E-state index contributed by atoms with van der Waals surface area (Å²) in [7, 11) is 0. The molecule has 0 saturated carbocycles. The van der Waals surface area contributed by atoms with E-state index in [1.165, 1.54) is 6.07 Å². The molecule has 2 aromatic carbocycles. The zero-order valence-electron chi connectivity index (χ0n) is 15.1. The average molecular weight is 382 g/mol. The summed E-state index contributed by atoms with van der Waals surface area (Å²) in [4.78, 5) is 40.8. The minimum atomic E-state index is -0.410. The fraction of sp³-hybridized carbons (Fsp3) is 0.250. The van der Waals surface area contributed by atoms with Crippen molar-refractivity contribution in [3.05, 3.63) is 75.1 Å². The zero-order valence-corrected chi connectivity index (χ0v) is 15.1. The lowest BCUT2D eigenvalue weighted by atomic mass is 10.2. The SMILES string of the molecule is O=C(Cn1[nH]c(=O)c2ccccc2c1=O)N1CCN(c2ccccc2F)CC1. The van der Waals surface area contributed by atoms with E-state index in [9.17, 15) is 18.8 Å². The number of halogens is 1. The molecule has 1 fully saturated rings. The molecule has 0 atom stereocenters.